The van der Waals surface area contributed by atoms with Gasteiger partial charge in [0.2, 0.25) is 5.91 Å². The topological polar surface area (TPSA) is 93.5 Å². The second-order valence-electron chi connectivity index (χ2n) is 7.15. The molecule has 29 heavy (non-hydrogen) atoms. The molecule has 1 aliphatic heterocycles. The van der Waals surface area contributed by atoms with Gasteiger partial charge in [-0.3, -0.25) is 9.59 Å². The van der Waals surface area contributed by atoms with Gasteiger partial charge in [0.25, 0.3) is 5.91 Å². The standard InChI is InChI=1S/C21H26N4O4/c1-4-14(2)25-18(11-12-22-25)23-20(27)15(3)29-21(28)16-7-9-17(10-8-16)24-13-5-6-19(24)26/h7-12,14-15H,4-6,13H2,1-3H3,(H,23,27)/t14-,15+/m1/s1. The maximum absolute atomic E-state index is 12.4. The zero-order valence-electron chi connectivity index (χ0n) is 16.9. The fraction of sp³-hybridized carbons (Fsp3) is 0.429. The first-order chi connectivity index (χ1) is 13.9. The third-order valence-electron chi connectivity index (χ3n) is 5.07. The van der Waals surface area contributed by atoms with E-state index in [1.165, 1.54) is 6.92 Å². The van der Waals surface area contributed by atoms with Crippen molar-refractivity contribution in [2.75, 3.05) is 16.8 Å². The molecule has 2 atom stereocenters. The number of amides is 2. The van der Waals surface area contributed by atoms with Crippen LogP contribution in [0.5, 0.6) is 0 Å². The molecule has 1 fully saturated rings. The van der Waals surface area contributed by atoms with Crippen molar-refractivity contribution in [3.63, 3.8) is 0 Å². The number of rotatable bonds is 7. The molecule has 154 valence electrons. The fourth-order valence-corrected chi connectivity index (χ4v) is 3.15. The molecule has 1 saturated heterocycles. The van der Waals surface area contributed by atoms with Crippen molar-refractivity contribution in [3.8, 4) is 0 Å². The minimum absolute atomic E-state index is 0.0854. The van der Waals surface area contributed by atoms with Crippen LogP contribution in [-0.4, -0.2) is 40.2 Å². The van der Waals surface area contributed by atoms with Crippen LogP contribution in [-0.2, 0) is 14.3 Å². The summed E-state index contributed by atoms with van der Waals surface area (Å²) in [4.78, 5) is 38.3. The zero-order valence-corrected chi connectivity index (χ0v) is 16.9. The van der Waals surface area contributed by atoms with Crippen molar-refractivity contribution in [2.45, 2.75) is 52.2 Å². The Balaban J connectivity index is 1.59. The van der Waals surface area contributed by atoms with Crippen LogP contribution in [0.1, 0.15) is 56.4 Å². The van der Waals surface area contributed by atoms with Crippen LogP contribution in [0.15, 0.2) is 36.5 Å². The van der Waals surface area contributed by atoms with Gasteiger partial charge >= 0.3 is 5.97 Å². The van der Waals surface area contributed by atoms with E-state index in [0.29, 0.717) is 24.3 Å². The highest BCUT2D eigenvalue weighted by Gasteiger charge is 2.23. The van der Waals surface area contributed by atoms with Crippen LogP contribution < -0.4 is 10.2 Å². The molecule has 0 spiro atoms. The molecule has 1 aliphatic rings. The SMILES string of the molecule is CC[C@@H](C)n1nccc1NC(=O)[C@H](C)OC(=O)c1ccc(N2CCCC2=O)cc1. The number of anilines is 2. The second-order valence-corrected chi connectivity index (χ2v) is 7.15. The fourth-order valence-electron chi connectivity index (χ4n) is 3.15. The predicted molar refractivity (Wildman–Crippen MR) is 109 cm³/mol. The van der Waals surface area contributed by atoms with Gasteiger partial charge in [0.15, 0.2) is 6.10 Å². The van der Waals surface area contributed by atoms with E-state index in [-0.39, 0.29) is 11.9 Å². The molecule has 3 rings (SSSR count). The van der Waals surface area contributed by atoms with Gasteiger partial charge in [-0.1, -0.05) is 6.92 Å². The van der Waals surface area contributed by atoms with E-state index in [0.717, 1.165) is 18.5 Å². The first kappa shape index (κ1) is 20.6. The van der Waals surface area contributed by atoms with Gasteiger partial charge in [0.05, 0.1) is 17.8 Å². The molecular formula is C21H26N4O4. The number of carbonyl (C=O) groups is 3. The van der Waals surface area contributed by atoms with Crippen molar-refractivity contribution >= 4 is 29.3 Å². The summed E-state index contributed by atoms with van der Waals surface area (Å²) < 4.78 is 7.03. The van der Waals surface area contributed by atoms with E-state index in [1.54, 1.807) is 46.1 Å². The van der Waals surface area contributed by atoms with E-state index in [1.807, 2.05) is 13.8 Å². The summed E-state index contributed by atoms with van der Waals surface area (Å²) in [6.45, 7) is 6.25. The number of hydrogen-bond acceptors (Lipinski definition) is 5. The molecule has 0 aliphatic carbocycles. The molecule has 2 aromatic rings. The molecule has 0 unspecified atom stereocenters. The van der Waals surface area contributed by atoms with Crippen LogP contribution in [0.4, 0.5) is 11.5 Å². The first-order valence-electron chi connectivity index (χ1n) is 9.86. The summed E-state index contributed by atoms with van der Waals surface area (Å²) >= 11 is 0. The highest BCUT2D eigenvalue weighted by Crippen LogP contribution is 2.22. The highest BCUT2D eigenvalue weighted by molar-refractivity contribution is 5.98. The molecule has 1 aromatic heterocycles. The maximum atomic E-state index is 12.4. The van der Waals surface area contributed by atoms with E-state index < -0.39 is 18.0 Å². The van der Waals surface area contributed by atoms with Crippen molar-refractivity contribution in [2.24, 2.45) is 0 Å². The normalized spacial score (nSPS) is 15.8. The van der Waals surface area contributed by atoms with Gasteiger partial charge in [-0.2, -0.15) is 5.10 Å². The van der Waals surface area contributed by atoms with Crippen LogP contribution >= 0.6 is 0 Å². The van der Waals surface area contributed by atoms with Gasteiger partial charge in [-0.05, 0) is 51.0 Å². The Morgan fingerprint density at radius 1 is 1.21 bits per heavy atom. The zero-order chi connectivity index (χ0) is 21.0. The maximum Gasteiger partial charge on any atom is 0.338 e. The molecule has 0 saturated carbocycles. The van der Waals surface area contributed by atoms with Crippen molar-refractivity contribution in [3.05, 3.63) is 42.1 Å². The van der Waals surface area contributed by atoms with Gasteiger partial charge in [0.1, 0.15) is 5.82 Å². The average molecular weight is 398 g/mol. The largest absolute Gasteiger partial charge is 0.449 e. The number of nitrogens with zero attached hydrogens (tertiary/aromatic N) is 3. The monoisotopic (exact) mass is 398 g/mol. The molecule has 2 amide bonds. The number of carbonyl (C=O) groups excluding carboxylic acids is 3. The van der Waals surface area contributed by atoms with Crippen molar-refractivity contribution < 1.29 is 19.1 Å². The number of esters is 1. The van der Waals surface area contributed by atoms with Crippen LogP contribution in [0.2, 0.25) is 0 Å². The Morgan fingerprint density at radius 3 is 2.55 bits per heavy atom. The lowest BCUT2D eigenvalue weighted by atomic mass is 10.2. The number of ether oxygens (including phenoxy) is 1. The molecule has 1 N–H and O–H groups in total. The van der Waals surface area contributed by atoms with Gasteiger partial charge in [-0.15, -0.1) is 0 Å². The number of benzene rings is 1. The Bertz CT molecular complexity index is 890. The van der Waals surface area contributed by atoms with E-state index in [4.69, 9.17) is 4.74 Å². The summed E-state index contributed by atoms with van der Waals surface area (Å²) in [5, 5.41) is 6.97. The molecule has 8 nitrogen and oxygen atoms in total. The van der Waals surface area contributed by atoms with Crippen LogP contribution in [0.25, 0.3) is 0 Å². The quantitative estimate of drug-likeness (QED) is 0.723. The number of nitrogens with one attached hydrogen (secondary N) is 1. The summed E-state index contributed by atoms with van der Waals surface area (Å²) in [6, 6.07) is 8.48. The van der Waals surface area contributed by atoms with Crippen LogP contribution in [0.3, 0.4) is 0 Å². The van der Waals surface area contributed by atoms with Gasteiger partial charge < -0.3 is 15.0 Å². The summed E-state index contributed by atoms with van der Waals surface area (Å²) in [6.07, 6.45) is 2.90. The number of aromatic nitrogens is 2. The summed E-state index contributed by atoms with van der Waals surface area (Å²) in [7, 11) is 0. The summed E-state index contributed by atoms with van der Waals surface area (Å²) in [5.74, 6) is -0.376. The number of hydrogen-bond donors (Lipinski definition) is 1. The van der Waals surface area contributed by atoms with Crippen LogP contribution in [0, 0.1) is 0 Å². The molecular weight excluding hydrogens is 372 g/mol. The van der Waals surface area contributed by atoms with Gasteiger partial charge in [0, 0.05) is 24.7 Å². The lowest BCUT2D eigenvalue weighted by Crippen LogP contribution is -2.31. The Morgan fingerprint density at radius 2 is 1.93 bits per heavy atom. The summed E-state index contributed by atoms with van der Waals surface area (Å²) in [5.41, 5.74) is 1.08. The molecule has 8 heteroatoms. The van der Waals surface area contributed by atoms with Crippen molar-refractivity contribution in [1.82, 2.24) is 9.78 Å². The van der Waals surface area contributed by atoms with E-state index in [9.17, 15) is 14.4 Å². The van der Waals surface area contributed by atoms with E-state index in [2.05, 4.69) is 10.4 Å². The minimum Gasteiger partial charge on any atom is -0.449 e. The Kier molecular flexibility index (Phi) is 6.31. The highest BCUT2D eigenvalue weighted by atomic mass is 16.5. The van der Waals surface area contributed by atoms with E-state index >= 15 is 0 Å². The first-order valence-corrected chi connectivity index (χ1v) is 9.86. The third-order valence-corrected chi connectivity index (χ3v) is 5.07. The Hall–Kier alpha value is -3.16. The second kappa shape index (κ2) is 8.89. The smallest absolute Gasteiger partial charge is 0.338 e. The molecule has 2 heterocycles. The molecule has 0 bridgehead atoms. The lowest BCUT2D eigenvalue weighted by molar-refractivity contribution is -0.123. The third kappa shape index (κ3) is 4.64. The Labute approximate surface area is 169 Å². The lowest BCUT2D eigenvalue weighted by Gasteiger charge is -2.17. The molecule has 1 aromatic carbocycles. The predicted octanol–water partition coefficient (Wildman–Crippen LogP) is 3.16. The molecule has 0 radical (unpaired) electrons. The van der Waals surface area contributed by atoms with Crippen molar-refractivity contribution in [1.29, 1.82) is 0 Å². The average Bonchev–Trinajstić information content (AvgIpc) is 3.36. The van der Waals surface area contributed by atoms with Gasteiger partial charge in [-0.25, -0.2) is 9.48 Å². The minimum atomic E-state index is -0.970.